The molecule has 0 spiro atoms. The molecule has 0 N–H and O–H groups in total. The van der Waals surface area contributed by atoms with Gasteiger partial charge in [0.15, 0.2) is 6.61 Å². The van der Waals surface area contributed by atoms with Crippen molar-refractivity contribution in [1.29, 1.82) is 0 Å². The number of para-hydroxylation sites is 1. The maximum absolute atomic E-state index is 13.6. The van der Waals surface area contributed by atoms with Crippen LogP contribution in [-0.4, -0.2) is 51.9 Å². The zero-order valence-corrected chi connectivity index (χ0v) is 22.7. The van der Waals surface area contributed by atoms with E-state index >= 15 is 0 Å². The van der Waals surface area contributed by atoms with Crippen LogP contribution in [-0.2, 0) is 22.7 Å². The molecule has 3 rings (SSSR count). The van der Waals surface area contributed by atoms with E-state index < -0.39 is 0 Å². The quantitative estimate of drug-likeness (QED) is 0.284. The lowest BCUT2D eigenvalue weighted by Gasteiger charge is -2.31. The molecule has 1 heterocycles. The molecule has 2 amide bonds. The van der Waals surface area contributed by atoms with Crippen molar-refractivity contribution in [2.45, 2.75) is 66.1 Å². The summed E-state index contributed by atoms with van der Waals surface area (Å²) in [6.07, 6.45) is 4.74. The van der Waals surface area contributed by atoms with Gasteiger partial charge in [0.2, 0.25) is 5.91 Å². The van der Waals surface area contributed by atoms with Crippen molar-refractivity contribution >= 4 is 11.8 Å². The van der Waals surface area contributed by atoms with Gasteiger partial charge < -0.3 is 19.1 Å². The summed E-state index contributed by atoms with van der Waals surface area (Å²) in [5.74, 6) is 0.431. The summed E-state index contributed by atoms with van der Waals surface area (Å²) in [6, 6.07) is 21.8. The second kappa shape index (κ2) is 14.3. The van der Waals surface area contributed by atoms with Crippen LogP contribution in [0.4, 0.5) is 0 Å². The van der Waals surface area contributed by atoms with Crippen molar-refractivity contribution in [1.82, 2.24) is 14.4 Å². The fourth-order valence-corrected chi connectivity index (χ4v) is 4.29. The van der Waals surface area contributed by atoms with Crippen LogP contribution in [0.5, 0.6) is 5.75 Å². The molecule has 1 unspecified atom stereocenters. The summed E-state index contributed by atoms with van der Waals surface area (Å²) in [5, 5.41) is 0. The monoisotopic (exact) mass is 503 g/mol. The van der Waals surface area contributed by atoms with Gasteiger partial charge in [-0.3, -0.25) is 9.59 Å². The van der Waals surface area contributed by atoms with Crippen LogP contribution < -0.4 is 4.74 Å². The molecule has 0 saturated carbocycles. The molecular formula is C31H41N3O3. The first-order valence-corrected chi connectivity index (χ1v) is 13.4. The Labute approximate surface area is 221 Å². The molecule has 0 fully saturated rings. The van der Waals surface area contributed by atoms with Crippen molar-refractivity contribution in [3.8, 4) is 5.75 Å². The van der Waals surface area contributed by atoms with Crippen LogP contribution in [0.2, 0.25) is 0 Å². The first-order valence-electron chi connectivity index (χ1n) is 13.4. The summed E-state index contributed by atoms with van der Waals surface area (Å²) in [4.78, 5) is 30.3. The Hall–Kier alpha value is -3.54. The first-order chi connectivity index (χ1) is 17.9. The number of aryl methyl sites for hydroxylation is 1. The molecule has 198 valence electrons. The van der Waals surface area contributed by atoms with E-state index in [2.05, 4.69) is 54.9 Å². The number of rotatable bonds is 14. The third-order valence-electron chi connectivity index (χ3n) is 6.70. The van der Waals surface area contributed by atoms with Gasteiger partial charge in [0.05, 0.1) is 6.54 Å². The van der Waals surface area contributed by atoms with E-state index in [1.807, 2.05) is 55.1 Å². The Morgan fingerprint density at radius 1 is 0.973 bits per heavy atom. The number of ether oxygens (including phenoxy) is 1. The number of benzene rings is 2. The third kappa shape index (κ3) is 8.52. The van der Waals surface area contributed by atoms with Crippen molar-refractivity contribution in [3.63, 3.8) is 0 Å². The van der Waals surface area contributed by atoms with Crippen LogP contribution in [0.1, 0.15) is 56.9 Å². The molecule has 0 aliphatic rings. The average Bonchev–Trinajstić information content (AvgIpc) is 3.34. The van der Waals surface area contributed by atoms with Crippen molar-refractivity contribution < 1.29 is 14.3 Å². The average molecular weight is 504 g/mol. The lowest BCUT2D eigenvalue weighted by Crippen LogP contribution is -2.48. The molecule has 0 aliphatic carbocycles. The Balaban J connectivity index is 1.70. The summed E-state index contributed by atoms with van der Waals surface area (Å²) in [6.45, 7) is 10.1. The van der Waals surface area contributed by atoms with Gasteiger partial charge >= 0.3 is 0 Å². The maximum atomic E-state index is 13.6. The highest BCUT2D eigenvalue weighted by molar-refractivity contribution is 5.85. The van der Waals surface area contributed by atoms with Crippen LogP contribution >= 0.6 is 0 Å². The zero-order chi connectivity index (χ0) is 26.6. The van der Waals surface area contributed by atoms with Crippen molar-refractivity contribution in [3.05, 3.63) is 89.7 Å². The molecule has 3 aromatic rings. The summed E-state index contributed by atoms with van der Waals surface area (Å²) >= 11 is 0. The Kier molecular flexibility index (Phi) is 10.8. The number of nitrogens with zero attached hydrogens (tertiary/aromatic N) is 3. The van der Waals surface area contributed by atoms with Gasteiger partial charge in [-0.05, 0) is 56.5 Å². The van der Waals surface area contributed by atoms with Gasteiger partial charge in [-0.15, -0.1) is 0 Å². The van der Waals surface area contributed by atoms with Crippen LogP contribution in [0.25, 0.3) is 0 Å². The number of amides is 2. The lowest BCUT2D eigenvalue weighted by atomic mass is 10.1. The summed E-state index contributed by atoms with van der Waals surface area (Å²) < 4.78 is 7.90. The minimum atomic E-state index is -0.176. The number of aromatic nitrogens is 1. The number of carbonyl (C=O) groups is 2. The van der Waals surface area contributed by atoms with Gasteiger partial charge in [0.25, 0.3) is 5.91 Å². The maximum Gasteiger partial charge on any atom is 0.261 e. The molecule has 6 nitrogen and oxygen atoms in total. The van der Waals surface area contributed by atoms with E-state index in [0.29, 0.717) is 18.8 Å². The molecule has 1 aromatic heterocycles. The normalized spacial score (nSPS) is 11.7. The molecule has 0 radical (unpaired) electrons. The third-order valence-corrected chi connectivity index (χ3v) is 6.70. The van der Waals surface area contributed by atoms with Gasteiger partial charge in [-0.2, -0.15) is 0 Å². The minimum Gasteiger partial charge on any atom is -0.484 e. The van der Waals surface area contributed by atoms with Gasteiger partial charge in [-0.1, -0.05) is 68.3 Å². The van der Waals surface area contributed by atoms with E-state index in [4.69, 9.17) is 4.74 Å². The Bertz CT molecular complexity index is 1130. The number of unbranched alkanes of at least 4 members (excludes halogenated alkanes) is 1. The number of hydrogen-bond acceptors (Lipinski definition) is 3. The zero-order valence-electron chi connectivity index (χ0n) is 22.7. The molecule has 37 heavy (non-hydrogen) atoms. The molecule has 2 aromatic carbocycles. The van der Waals surface area contributed by atoms with E-state index in [1.165, 1.54) is 11.1 Å². The first kappa shape index (κ1) is 28.0. The highest BCUT2D eigenvalue weighted by atomic mass is 16.5. The van der Waals surface area contributed by atoms with E-state index in [1.54, 1.807) is 4.90 Å². The Morgan fingerprint density at radius 3 is 2.46 bits per heavy atom. The number of hydrogen-bond donors (Lipinski definition) is 0. The SMILES string of the molecule is CCCCN(Cc1cccn1Cc1cccc(C)c1)C(=O)CN(C(=O)COc1ccccc1)C(C)CC. The van der Waals surface area contributed by atoms with E-state index in [-0.39, 0.29) is 31.0 Å². The fourth-order valence-electron chi connectivity index (χ4n) is 4.29. The largest absolute Gasteiger partial charge is 0.484 e. The Morgan fingerprint density at radius 2 is 1.76 bits per heavy atom. The van der Waals surface area contributed by atoms with E-state index in [9.17, 15) is 9.59 Å². The smallest absolute Gasteiger partial charge is 0.261 e. The van der Waals surface area contributed by atoms with Gasteiger partial charge in [-0.25, -0.2) is 0 Å². The van der Waals surface area contributed by atoms with Crippen molar-refractivity contribution in [2.75, 3.05) is 19.7 Å². The molecule has 6 heteroatoms. The van der Waals surface area contributed by atoms with Crippen LogP contribution in [0.3, 0.4) is 0 Å². The lowest BCUT2D eigenvalue weighted by molar-refractivity contribution is -0.144. The highest BCUT2D eigenvalue weighted by Crippen LogP contribution is 2.15. The molecule has 0 aliphatic heterocycles. The van der Waals surface area contributed by atoms with Crippen LogP contribution in [0.15, 0.2) is 72.9 Å². The second-order valence-corrected chi connectivity index (χ2v) is 9.67. The van der Waals surface area contributed by atoms with Gasteiger partial charge in [0.1, 0.15) is 12.3 Å². The topological polar surface area (TPSA) is 54.8 Å². The highest BCUT2D eigenvalue weighted by Gasteiger charge is 2.25. The standard InChI is InChI=1S/C31H41N3O3/c1-5-7-18-33(22-28-15-12-19-32(28)21-27-14-11-13-25(3)20-27)30(35)23-34(26(4)6-2)31(36)24-37-29-16-9-8-10-17-29/h8-17,19-20,26H,5-7,18,21-24H2,1-4H3. The predicted molar refractivity (Wildman–Crippen MR) is 148 cm³/mol. The second-order valence-electron chi connectivity index (χ2n) is 9.67. The fraction of sp³-hybridized carbons (Fsp3) is 0.419. The summed E-state index contributed by atoms with van der Waals surface area (Å²) in [7, 11) is 0. The molecule has 0 saturated heterocycles. The molecule has 0 bridgehead atoms. The summed E-state index contributed by atoms with van der Waals surface area (Å²) in [5.41, 5.74) is 3.55. The number of carbonyl (C=O) groups excluding carboxylic acids is 2. The van der Waals surface area contributed by atoms with Gasteiger partial charge in [0, 0.05) is 31.0 Å². The minimum absolute atomic E-state index is 0.0369. The predicted octanol–water partition coefficient (Wildman–Crippen LogP) is 5.68. The van der Waals surface area contributed by atoms with Crippen molar-refractivity contribution in [2.24, 2.45) is 0 Å². The van der Waals surface area contributed by atoms with E-state index in [0.717, 1.165) is 31.5 Å². The molecule has 1 atom stereocenters. The van der Waals surface area contributed by atoms with Crippen LogP contribution in [0, 0.1) is 6.92 Å². The molecular weight excluding hydrogens is 462 g/mol.